The van der Waals surface area contributed by atoms with E-state index in [1.807, 2.05) is 24.3 Å². The van der Waals surface area contributed by atoms with E-state index in [1.54, 1.807) is 4.90 Å². The Kier molecular flexibility index (Phi) is 4.87. The number of benzene rings is 1. The molecule has 1 amide bonds. The van der Waals surface area contributed by atoms with Crippen LogP contribution in [-0.4, -0.2) is 47.8 Å². The van der Waals surface area contributed by atoms with Crippen LogP contribution >= 0.6 is 11.6 Å². The third-order valence-electron chi connectivity index (χ3n) is 4.72. The highest BCUT2D eigenvalue weighted by Gasteiger charge is 2.38. The van der Waals surface area contributed by atoms with Gasteiger partial charge in [0.2, 0.25) is 5.91 Å². The van der Waals surface area contributed by atoms with Crippen molar-refractivity contribution >= 4 is 17.5 Å². The van der Waals surface area contributed by atoms with Gasteiger partial charge in [0.25, 0.3) is 5.92 Å². The number of alkyl halides is 2. The average Bonchev–Trinajstić information content (AvgIpc) is 2.95. The second-order valence-corrected chi connectivity index (χ2v) is 6.97. The molecule has 1 aromatic rings. The molecule has 23 heavy (non-hydrogen) atoms. The van der Waals surface area contributed by atoms with Crippen LogP contribution in [0, 0.1) is 5.92 Å². The summed E-state index contributed by atoms with van der Waals surface area (Å²) < 4.78 is 26.4. The lowest BCUT2D eigenvalue weighted by Crippen LogP contribution is -2.45. The third-order valence-corrected chi connectivity index (χ3v) is 4.96. The molecule has 2 heterocycles. The van der Waals surface area contributed by atoms with Crippen molar-refractivity contribution in [2.75, 3.05) is 26.2 Å². The van der Waals surface area contributed by atoms with Crippen molar-refractivity contribution in [1.29, 1.82) is 0 Å². The fourth-order valence-corrected chi connectivity index (χ4v) is 3.60. The fraction of sp³-hybridized carbons (Fsp3) is 0.588. The standard InChI is InChI=1S/C17H21ClF2N2O/c18-15-3-1-2-13(10-15)11-21-7-4-14(12-21)16(23)22-8-5-17(19,20)6-9-22/h1-3,10,14H,4-9,11-12H2. The summed E-state index contributed by atoms with van der Waals surface area (Å²) >= 11 is 5.99. The lowest BCUT2D eigenvalue weighted by Gasteiger charge is -2.33. The fourth-order valence-electron chi connectivity index (χ4n) is 3.38. The van der Waals surface area contributed by atoms with Crippen molar-refractivity contribution in [2.45, 2.75) is 31.7 Å². The number of rotatable bonds is 3. The number of carbonyl (C=O) groups is 1. The van der Waals surface area contributed by atoms with Gasteiger partial charge < -0.3 is 4.90 Å². The lowest BCUT2D eigenvalue weighted by atomic mass is 10.0. The largest absolute Gasteiger partial charge is 0.342 e. The zero-order chi connectivity index (χ0) is 16.4. The molecule has 0 bridgehead atoms. The van der Waals surface area contributed by atoms with Crippen LogP contribution in [0.15, 0.2) is 24.3 Å². The van der Waals surface area contributed by atoms with Gasteiger partial charge in [0.1, 0.15) is 0 Å². The third kappa shape index (κ3) is 4.21. The summed E-state index contributed by atoms with van der Waals surface area (Å²) in [5, 5.41) is 0.712. The monoisotopic (exact) mass is 342 g/mol. The molecule has 2 aliphatic rings. The SMILES string of the molecule is O=C(C1CCN(Cc2cccc(Cl)c2)C1)N1CCC(F)(F)CC1. The Balaban J connectivity index is 1.52. The summed E-state index contributed by atoms with van der Waals surface area (Å²) in [5.74, 6) is -2.64. The molecule has 2 saturated heterocycles. The summed E-state index contributed by atoms with van der Waals surface area (Å²) in [6, 6.07) is 7.72. The van der Waals surface area contributed by atoms with Crippen molar-refractivity contribution in [3.8, 4) is 0 Å². The summed E-state index contributed by atoms with van der Waals surface area (Å²) in [5.41, 5.74) is 1.13. The molecule has 0 radical (unpaired) electrons. The minimum atomic E-state index is -2.61. The topological polar surface area (TPSA) is 23.6 Å². The Bertz CT molecular complexity index is 571. The van der Waals surface area contributed by atoms with Crippen molar-refractivity contribution in [1.82, 2.24) is 9.80 Å². The first-order valence-electron chi connectivity index (χ1n) is 8.06. The number of piperidine rings is 1. The zero-order valence-corrected chi connectivity index (χ0v) is 13.7. The van der Waals surface area contributed by atoms with Gasteiger partial charge in [-0.2, -0.15) is 0 Å². The number of halogens is 3. The Morgan fingerprint density at radius 1 is 1.26 bits per heavy atom. The highest BCUT2D eigenvalue weighted by atomic mass is 35.5. The van der Waals surface area contributed by atoms with Crippen LogP contribution in [0.3, 0.4) is 0 Å². The average molecular weight is 343 g/mol. The maximum Gasteiger partial charge on any atom is 0.251 e. The molecule has 1 atom stereocenters. The van der Waals surface area contributed by atoms with Crippen molar-refractivity contribution in [2.24, 2.45) is 5.92 Å². The molecule has 0 N–H and O–H groups in total. The van der Waals surface area contributed by atoms with Crippen molar-refractivity contribution < 1.29 is 13.6 Å². The molecule has 3 rings (SSSR count). The number of hydrogen-bond donors (Lipinski definition) is 0. The van der Waals surface area contributed by atoms with E-state index in [9.17, 15) is 13.6 Å². The van der Waals surface area contributed by atoms with Crippen LogP contribution in [0.5, 0.6) is 0 Å². The van der Waals surface area contributed by atoms with E-state index in [1.165, 1.54) is 0 Å². The van der Waals surface area contributed by atoms with Crippen molar-refractivity contribution in [3.63, 3.8) is 0 Å². The van der Waals surface area contributed by atoms with Gasteiger partial charge in [-0.1, -0.05) is 23.7 Å². The molecular weight excluding hydrogens is 322 g/mol. The normalized spacial score (nSPS) is 24.8. The second-order valence-electron chi connectivity index (χ2n) is 6.53. The van der Waals surface area contributed by atoms with Gasteiger partial charge in [0.15, 0.2) is 0 Å². The lowest BCUT2D eigenvalue weighted by molar-refractivity contribution is -0.141. The highest BCUT2D eigenvalue weighted by Crippen LogP contribution is 2.29. The second kappa shape index (κ2) is 6.73. The predicted molar refractivity (Wildman–Crippen MR) is 85.6 cm³/mol. The molecule has 0 saturated carbocycles. The minimum absolute atomic E-state index is 0.0362. The summed E-state index contributed by atoms with van der Waals surface area (Å²) in [7, 11) is 0. The molecule has 2 aliphatic heterocycles. The molecule has 3 nitrogen and oxygen atoms in total. The number of likely N-dealkylation sites (tertiary alicyclic amines) is 2. The first kappa shape index (κ1) is 16.7. The molecule has 2 fully saturated rings. The Morgan fingerprint density at radius 2 is 2.00 bits per heavy atom. The maximum atomic E-state index is 13.2. The Hall–Kier alpha value is -1.20. The summed E-state index contributed by atoms with van der Waals surface area (Å²) in [6.45, 7) is 2.67. The first-order chi connectivity index (χ1) is 10.9. The summed E-state index contributed by atoms with van der Waals surface area (Å²) in [6.07, 6.45) is 0.377. The van der Waals surface area contributed by atoms with E-state index in [0.29, 0.717) is 11.6 Å². The number of hydrogen-bond acceptors (Lipinski definition) is 2. The van der Waals surface area contributed by atoms with Gasteiger partial charge in [-0.25, -0.2) is 8.78 Å². The molecule has 126 valence electrons. The van der Waals surface area contributed by atoms with Crippen LogP contribution in [0.2, 0.25) is 5.02 Å². The van der Waals surface area contributed by atoms with Gasteiger partial charge in [0, 0.05) is 44.0 Å². The van der Waals surface area contributed by atoms with E-state index >= 15 is 0 Å². The molecule has 6 heteroatoms. The van der Waals surface area contributed by atoms with Gasteiger partial charge in [-0.05, 0) is 30.7 Å². The summed E-state index contributed by atoms with van der Waals surface area (Å²) in [4.78, 5) is 16.3. The van der Waals surface area contributed by atoms with E-state index in [2.05, 4.69) is 4.90 Å². The number of nitrogens with zero attached hydrogens (tertiary/aromatic N) is 2. The van der Waals surface area contributed by atoms with Gasteiger partial charge >= 0.3 is 0 Å². The van der Waals surface area contributed by atoms with Crippen LogP contribution in [-0.2, 0) is 11.3 Å². The Morgan fingerprint density at radius 3 is 2.70 bits per heavy atom. The maximum absolute atomic E-state index is 13.2. The van der Waals surface area contributed by atoms with Gasteiger partial charge in [-0.15, -0.1) is 0 Å². The zero-order valence-electron chi connectivity index (χ0n) is 13.0. The predicted octanol–water partition coefficient (Wildman–Crippen LogP) is 3.42. The van der Waals surface area contributed by atoms with Crippen LogP contribution in [0.25, 0.3) is 0 Å². The number of amides is 1. The molecule has 0 spiro atoms. The molecule has 0 aromatic heterocycles. The van der Waals surface area contributed by atoms with Crippen LogP contribution in [0.4, 0.5) is 8.78 Å². The Labute approximate surface area is 140 Å². The van der Waals surface area contributed by atoms with Gasteiger partial charge in [0.05, 0.1) is 5.92 Å². The van der Waals surface area contributed by atoms with E-state index in [-0.39, 0.29) is 37.8 Å². The van der Waals surface area contributed by atoms with Gasteiger partial charge in [-0.3, -0.25) is 9.69 Å². The minimum Gasteiger partial charge on any atom is -0.342 e. The smallest absolute Gasteiger partial charge is 0.251 e. The van der Waals surface area contributed by atoms with E-state index in [0.717, 1.165) is 25.1 Å². The number of carbonyl (C=O) groups excluding carboxylic acids is 1. The quantitative estimate of drug-likeness (QED) is 0.840. The first-order valence-corrected chi connectivity index (χ1v) is 8.44. The van der Waals surface area contributed by atoms with E-state index < -0.39 is 5.92 Å². The van der Waals surface area contributed by atoms with Crippen molar-refractivity contribution in [3.05, 3.63) is 34.9 Å². The molecular formula is C17H21ClF2N2O. The highest BCUT2D eigenvalue weighted by molar-refractivity contribution is 6.30. The van der Waals surface area contributed by atoms with E-state index in [4.69, 9.17) is 11.6 Å². The molecule has 1 unspecified atom stereocenters. The van der Waals surface area contributed by atoms with Crippen LogP contribution < -0.4 is 0 Å². The molecule has 1 aromatic carbocycles. The van der Waals surface area contributed by atoms with Crippen LogP contribution in [0.1, 0.15) is 24.8 Å². The molecule has 0 aliphatic carbocycles.